The van der Waals surface area contributed by atoms with Crippen molar-refractivity contribution in [2.75, 3.05) is 26.2 Å². The first-order chi connectivity index (χ1) is 14.0. The van der Waals surface area contributed by atoms with Crippen LogP contribution in [0.5, 0.6) is 0 Å². The van der Waals surface area contributed by atoms with Gasteiger partial charge < -0.3 is 9.80 Å². The Bertz CT molecular complexity index is 1070. The second kappa shape index (κ2) is 8.14. The van der Waals surface area contributed by atoms with Crippen LogP contribution in [0.15, 0.2) is 58.3 Å². The zero-order chi connectivity index (χ0) is 22.1. The monoisotopic (exact) mass is 452 g/mol. The zero-order valence-electron chi connectivity index (χ0n) is 15.8. The number of primary sulfonamides is 2. The summed E-state index contributed by atoms with van der Waals surface area (Å²) >= 11 is 0. The Kier molecular flexibility index (Phi) is 5.94. The molecule has 0 bridgehead atoms. The molecule has 0 unspecified atom stereocenters. The van der Waals surface area contributed by atoms with Gasteiger partial charge in [0.1, 0.15) is 0 Å². The quantitative estimate of drug-likeness (QED) is 0.640. The summed E-state index contributed by atoms with van der Waals surface area (Å²) in [5, 5.41) is 10.1. The predicted octanol–water partition coefficient (Wildman–Crippen LogP) is -0.420. The van der Waals surface area contributed by atoms with E-state index in [0.29, 0.717) is 37.3 Å². The van der Waals surface area contributed by atoms with Crippen LogP contribution in [0, 0.1) is 0 Å². The van der Waals surface area contributed by atoms with Gasteiger partial charge in [0.25, 0.3) is 11.8 Å². The van der Waals surface area contributed by atoms with Gasteiger partial charge in [-0.3, -0.25) is 9.59 Å². The number of benzene rings is 2. The molecule has 0 saturated carbocycles. The highest BCUT2D eigenvalue weighted by Crippen LogP contribution is 2.15. The first-order valence-electron chi connectivity index (χ1n) is 8.81. The smallest absolute Gasteiger partial charge is 0.253 e. The number of amides is 2. The lowest BCUT2D eigenvalue weighted by molar-refractivity contribution is 0.0535. The average molecular weight is 453 g/mol. The highest BCUT2D eigenvalue weighted by Gasteiger charge is 2.26. The molecule has 2 amide bonds. The lowest BCUT2D eigenvalue weighted by atomic mass is 10.1. The second-order valence-electron chi connectivity index (χ2n) is 6.72. The van der Waals surface area contributed by atoms with E-state index >= 15 is 0 Å². The summed E-state index contributed by atoms with van der Waals surface area (Å²) in [6, 6.07) is 10.7. The van der Waals surface area contributed by atoms with Gasteiger partial charge in [0, 0.05) is 37.3 Å². The minimum absolute atomic E-state index is 0.0806. The Morgan fingerprint density at radius 3 is 1.10 bits per heavy atom. The Hall–Kier alpha value is -2.80. The molecule has 2 aromatic rings. The molecule has 1 aliphatic heterocycles. The highest BCUT2D eigenvalue weighted by atomic mass is 32.2. The van der Waals surface area contributed by atoms with Crippen LogP contribution in [0.1, 0.15) is 20.7 Å². The maximum atomic E-state index is 12.6. The van der Waals surface area contributed by atoms with Crippen LogP contribution in [0.3, 0.4) is 0 Å². The molecular weight excluding hydrogens is 432 g/mol. The van der Waals surface area contributed by atoms with Crippen LogP contribution in [0.2, 0.25) is 0 Å². The lowest BCUT2D eigenvalue weighted by Gasteiger charge is -2.35. The Labute approximate surface area is 174 Å². The van der Waals surface area contributed by atoms with Crippen LogP contribution >= 0.6 is 0 Å². The first-order valence-corrected chi connectivity index (χ1v) is 11.9. The summed E-state index contributed by atoms with van der Waals surface area (Å²) < 4.78 is 45.2. The predicted molar refractivity (Wildman–Crippen MR) is 107 cm³/mol. The van der Waals surface area contributed by atoms with Gasteiger partial charge in [-0.25, -0.2) is 27.1 Å². The molecule has 1 aliphatic rings. The number of carbonyl (C=O) groups is 2. The van der Waals surface area contributed by atoms with E-state index < -0.39 is 20.0 Å². The summed E-state index contributed by atoms with van der Waals surface area (Å²) in [5.74, 6) is -0.554. The molecule has 1 heterocycles. The molecule has 30 heavy (non-hydrogen) atoms. The molecule has 0 aromatic heterocycles. The number of nitrogens with two attached hydrogens (primary N) is 2. The van der Waals surface area contributed by atoms with E-state index in [2.05, 4.69) is 0 Å². The lowest BCUT2D eigenvalue weighted by Crippen LogP contribution is -2.50. The van der Waals surface area contributed by atoms with Crippen molar-refractivity contribution in [1.82, 2.24) is 9.80 Å². The van der Waals surface area contributed by atoms with Gasteiger partial charge in [-0.15, -0.1) is 0 Å². The van der Waals surface area contributed by atoms with Crippen molar-refractivity contribution < 1.29 is 26.4 Å². The fourth-order valence-corrected chi connectivity index (χ4v) is 4.08. The van der Waals surface area contributed by atoms with Crippen molar-refractivity contribution in [2.24, 2.45) is 10.3 Å². The third-order valence-corrected chi connectivity index (χ3v) is 6.57. The minimum Gasteiger partial charge on any atom is -0.335 e. The van der Waals surface area contributed by atoms with E-state index in [1.807, 2.05) is 0 Å². The van der Waals surface area contributed by atoms with Crippen molar-refractivity contribution >= 4 is 31.9 Å². The number of carbonyl (C=O) groups excluding carboxylic acids is 2. The summed E-state index contributed by atoms with van der Waals surface area (Å²) in [6.07, 6.45) is 0. The molecule has 1 fully saturated rings. The number of rotatable bonds is 4. The third kappa shape index (κ3) is 4.84. The fraction of sp³-hybridized carbons (Fsp3) is 0.222. The normalized spacial score (nSPS) is 15.1. The standard InChI is InChI=1S/C18H20N4O6S2/c19-29(25,26)15-5-1-13(2-6-15)17(23)21-9-11-22(12-10-21)18(24)14-3-7-16(8-4-14)30(20,27)28/h1-8H,9-12H2,(H2,19,25,26)(H2,20,27,28). The van der Waals surface area contributed by atoms with Gasteiger partial charge in [0.2, 0.25) is 20.0 Å². The molecule has 10 nitrogen and oxygen atoms in total. The van der Waals surface area contributed by atoms with E-state index in [0.717, 1.165) is 0 Å². The minimum atomic E-state index is -3.83. The summed E-state index contributed by atoms with van der Waals surface area (Å²) in [7, 11) is -7.67. The van der Waals surface area contributed by atoms with Crippen molar-refractivity contribution in [2.45, 2.75) is 9.79 Å². The van der Waals surface area contributed by atoms with Gasteiger partial charge >= 0.3 is 0 Å². The van der Waals surface area contributed by atoms with Crippen LogP contribution in [-0.4, -0.2) is 64.6 Å². The van der Waals surface area contributed by atoms with Gasteiger partial charge in [-0.2, -0.15) is 0 Å². The molecule has 12 heteroatoms. The molecule has 0 aliphatic carbocycles. The van der Waals surface area contributed by atoms with E-state index in [1.54, 1.807) is 9.80 Å². The van der Waals surface area contributed by atoms with E-state index in [1.165, 1.54) is 48.5 Å². The molecule has 1 saturated heterocycles. The van der Waals surface area contributed by atoms with Crippen LogP contribution in [0.25, 0.3) is 0 Å². The van der Waals surface area contributed by atoms with Gasteiger partial charge in [-0.05, 0) is 48.5 Å². The molecule has 4 N–H and O–H groups in total. The van der Waals surface area contributed by atoms with Gasteiger partial charge in [0.15, 0.2) is 0 Å². The maximum absolute atomic E-state index is 12.6. The van der Waals surface area contributed by atoms with Crippen molar-refractivity contribution in [1.29, 1.82) is 0 Å². The highest BCUT2D eigenvalue weighted by molar-refractivity contribution is 7.89. The van der Waals surface area contributed by atoms with Crippen molar-refractivity contribution in [3.63, 3.8) is 0 Å². The van der Waals surface area contributed by atoms with Crippen molar-refractivity contribution in [3.8, 4) is 0 Å². The molecule has 2 aromatic carbocycles. The fourth-order valence-electron chi connectivity index (χ4n) is 3.05. The molecule has 3 rings (SSSR count). The summed E-state index contributed by atoms with van der Waals surface area (Å²) in [4.78, 5) is 28.2. The molecule has 0 spiro atoms. The number of piperazine rings is 1. The summed E-state index contributed by atoms with van der Waals surface area (Å²) in [6.45, 7) is 1.21. The Balaban J connectivity index is 1.62. The number of hydrogen-bond donors (Lipinski definition) is 2. The van der Waals surface area contributed by atoms with E-state index in [-0.39, 0.29) is 21.6 Å². The van der Waals surface area contributed by atoms with Crippen LogP contribution < -0.4 is 10.3 Å². The SMILES string of the molecule is NS(=O)(=O)c1ccc(C(=O)N2CCN(C(=O)c3ccc(S(N)(=O)=O)cc3)CC2)cc1. The molecule has 160 valence electrons. The van der Waals surface area contributed by atoms with Crippen LogP contribution in [0.4, 0.5) is 0 Å². The largest absolute Gasteiger partial charge is 0.335 e. The second-order valence-corrected chi connectivity index (χ2v) is 9.85. The zero-order valence-corrected chi connectivity index (χ0v) is 17.4. The topological polar surface area (TPSA) is 161 Å². The summed E-state index contributed by atoms with van der Waals surface area (Å²) in [5.41, 5.74) is 0.640. The Morgan fingerprint density at radius 1 is 0.600 bits per heavy atom. The van der Waals surface area contributed by atoms with Gasteiger partial charge in [0.05, 0.1) is 9.79 Å². The number of hydrogen-bond acceptors (Lipinski definition) is 6. The van der Waals surface area contributed by atoms with Crippen LogP contribution in [-0.2, 0) is 20.0 Å². The molecular formula is C18H20N4O6S2. The van der Waals surface area contributed by atoms with Crippen molar-refractivity contribution in [3.05, 3.63) is 59.7 Å². The van der Waals surface area contributed by atoms with Gasteiger partial charge in [-0.1, -0.05) is 0 Å². The maximum Gasteiger partial charge on any atom is 0.253 e. The average Bonchev–Trinajstić information content (AvgIpc) is 2.72. The number of sulfonamides is 2. The molecule has 0 atom stereocenters. The van der Waals surface area contributed by atoms with E-state index in [9.17, 15) is 26.4 Å². The van der Waals surface area contributed by atoms with E-state index in [4.69, 9.17) is 10.3 Å². The first kappa shape index (κ1) is 21.9. The Morgan fingerprint density at radius 2 is 0.867 bits per heavy atom. The number of nitrogens with zero attached hydrogens (tertiary/aromatic N) is 2. The third-order valence-electron chi connectivity index (χ3n) is 4.71. The molecule has 0 radical (unpaired) electrons.